The van der Waals surface area contributed by atoms with E-state index in [-0.39, 0.29) is 11.3 Å². The summed E-state index contributed by atoms with van der Waals surface area (Å²) in [6, 6.07) is 37.9. The van der Waals surface area contributed by atoms with Gasteiger partial charge in [0.1, 0.15) is 11.6 Å². The van der Waals surface area contributed by atoms with Crippen LogP contribution in [0.4, 0.5) is 0 Å². The second-order valence-electron chi connectivity index (χ2n) is 11.3. The summed E-state index contributed by atoms with van der Waals surface area (Å²) in [4.78, 5) is 10.2. The first-order valence-corrected chi connectivity index (χ1v) is 14.7. The van der Waals surface area contributed by atoms with Crippen molar-refractivity contribution in [1.29, 1.82) is 0 Å². The standard InChI is InChI=1S/C40H35N3O/c1-25(2)30-18-12-19-31(26(3)4)39(30)43-36-21-9-8-20-34(36)42-40(43)29-15-11-14-28(23-29)35-24-27-13-5-6-16-32(27)38(41-35)33-17-7-10-22-37(33)44/h5-26,44H,1-4H3/i1D3,25D,26D. The molecule has 1 N–H and O–H groups in total. The lowest BCUT2D eigenvalue weighted by atomic mass is 9.92. The molecule has 0 fully saturated rings. The topological polar surface area (TPSA) is 50.9 Å². The molecule has 44 heavy (non-hydrogen) atoms. The van der Waals surface area contributed by atoms with Crippen molar-refractivity contribution in [3.63, 3.8) is 0 Å². The molecule has 4 nitrogen and oxygen atoms in total. The van der Waals surface area contributed by atoms with Gasteiger partial charge >= 0.3 is 0 Å². The SMILES string of the molecule is [2H]C(C)(C)c1cccc(C([2H])(C)C([2H])([2H])[2H])c1-n1c(-c2cccc(-c3cc4ccccc4c(-c4ccccc4O)n3)c2)nc2ccccc21. The summed E-state index contributed by atoms with van der Waals surface area (Å²) in [6.45, 7) is 2.29. The van der Waals surface area contributed by atoms with Crippen LogP contribution in [0.5, 0.6) is 5.75 Å². The predicted octanol–water partition coefficient (Wildman–Crippen LogP) is 10.5. The highest BCUT2D eigenvalue weighted by Gasteiger charge is 2.22. The molecule has 0 aliphatic heterocycles. The number of pyridine rings is 1. The van der Waals surface area contributed by atoms with Gasteiger partial charge in [0.2, 0.25) is 0 Å². The molecule has 0 bridgehead atoms. The van der Waals surface area contributed by atoms with Gasteiger partial charge in [0, 0.05) is 28.9 Å². The second-order valence-corrected chi connectivity index (χ2v) is 11.3. The number of rotatable bonds is 6. The van der Waals surface area contributed by atoms with Gasteiger partial charge in [0.05, 0.1) is 28.1 Å². The number of hydrogen-bond donors (Lipinski definition) is 1. The van der Waals surface area contributed by atoms with Gasteiger partial charge in [-0.2, -0.15) is 0 Å². The molecular weight excluding hydrogens is 538 g/mol. The van der Waals surface area contributed by atoms with Crippen LogP contribution < -0.4 is 0 Å². The fourth-order valence-corrected chi connectivity index (χ4v) is 5.98. The number of hydrogen-bond acceptors (Lipinski definition) is 3. The second kappa shape index (κ2) is 11.1. The zero-order valence-electron chi connectivity index (χ0n) is 29.8. The van der Waals surface area contributed by atoms with E-state index < -0.39 is 18.6 Å². The van der Waals surface area contributed by atoms with Gasteiger partial charge in [-0.1, -0.05) is 113 Å². The van der Waals surface area contributed by atoms with Crippen molar-refractivity contribution in [1.82, 2.24) is 14.5 Å². The van der Waals surface area contributed by atoms with Crippen LogP contribution in [0.25, 0.3) is 61.4 Å². The Morgan fingerprint density at radius 3 is 2.23 bits per heavy atom. The highest BCUT2D eigenvalue weighted by Crippen LogP contribution is 2.39. The number of phenols is 1. The minimum atomic E-state index is -2.64. The minimum absolute atomic E-state index is 0.144. The summed E-state index contributed by atoms with van der Waals surface area (Å²) in [5.41, 5.74) is 6.33. The van der Waals surface area contributed by atoms with E-state index in [1.54, 1.807) is 38.1 Å². The normalized spacial score (nSPS) is 15.2. The maximum Gasteiger partial charge on any atom is 0.145 e. The Morgan fingerprint density at radius 2 is 1.41 bits per heavy atom. The third-order valence-corrected chi connectivity index (χ3v) is 8.08. The van der Waals surface area contributed by atoms with Gasteiger partial charge in [-0.15, -0.1) is 0 Å². The van der Waals surface area contributed by atoms with Gasteiger partial charge in [0.15, 0.2) is 0 Å². The molecule has 5 aromatic carbocycles. The highest BCUT2D eigenvalue weighted by atomic mass is 16.3. The van der Waals surface area contributed by atoms with Crippen LogP contribution in [-0.4, -0.2) is 19.6 Å². The summed E-state index contributed by atoms with van der Waals surface area (Å²) in [7, 11) is 0. The molecule has 7 rings (SSSR count). The number of nitrogens with zero attached hydrogens (tertiary/aromatic N) is 3. The number of fused-ring (bicyclic) bond motifs is 2. The van der Waals surface area contributed by atoms with Crippen molar-refractivity contribution in [3.05, 3.63) is 132 Å². The van der Waals surface area contributed by atoms with Crippen molar-refractivity contribution in [2.45, 2.75) is 39.4 Å². The van der Waals surface area contributed by atoms with E-state index in [0.29, 0.717) is 39.5 Å². The molecule has 1 unspecified atom stereocenters. The Balaban J connectivity index is 1.50. The summed E-state index contributed by atoms with van der Waals surface area (Å²) in [5, 5.41) is 12.7. The van der Waals surface area contributed by atoms with Crippen molar-refractivity contribution >= 4 is 21.8 Å². The molecule has 0 aliphatic carbocycles. The van der Waals surface area contributed by atoms with Crippen LogP contribution >= 0.6 is 0 Å². The van der Waals surface area contributed by atoms with E-state index in [1.807, 2.05) is 102 Å². The lowest BCUT2D eigenvalue weighted by Gasteiger charge is -2.22. The van der Waals surface area contributed by atoms with Crippen molar-refractivity contribution in [2.24, 2.45) is 0 Å². The Morgan fingerprint density at radius 1 is 0.705 bits per heavy atom. The first-order chi connectivity index (χ1) is 23.3. The van der Waals surface area contributed by atoms with E-state index in [1.165, 1.54) is 6.92 Å². The van der Waals surface area contributed by atoms with Gasteiger partial charge in [-0.3, -0.25) is 4.57 Å². The first kappa shape index (κ1) is 22.3. The number of para-hydroxylation sites is 4. The molecule has 7 aromatic rings. The highest BCUT2D eigenvalue weighted by molar-refractivity contribution is 5.98. The molecule has 1 atom stereocenters. The lowest BCUT2D eigenvalue weighted by molar-refractivity contribution is 0.477. The number of aromatic hydroxyl groups is 1. The molecule has 0 aliphatic rings. The average Bonchev–Trinajstić information content (AvgIpc) is 3.46. The average molecular weight is 579 g/mol. The monoisotopic (exact) mass is 578 g/mol. The smallest absolute Gasteiger partial charge is 0.145 e. The van der Waals surface area contributed by atoms with E-state index in [9.17, 15) is 6.48 Å². The van der Waals surface area contributed by atoms with Crippen molar-refractivity contribution in [2.75, 3.05) is 0 Å². The van der Waals surface area contributed by atoms with Crippen LogP contribution in [-0.2, 0) is 0 Å². The Hall–Kier alpha value is -5.22. The third-order valence-electron chi connectivity index (χ3n) is 8.08. The van der Waals surface area contributed by atoms with Gasteiger partial charge in [-0.25, -0.2) is 9.97 Å². The molecule has 0 amide bonds. The molecule has 0 saturated heterocycles. The summed E-state index contributed by atoms with van der Waals surface area (Å²) >= 11 is 0. The Kier molecular flexibility index (Phi) is 5.65. The Bertz CT molecular complexity index is 2370. The minimum Gasteiger partial charge on any atom is -0.507 e. The first-order valence-electron chi connectivity index (χ1n) is 17.2. The summed E-state index contributed by atoms with van der Waals surface area (Å²) in [6.07, 6.45) is 0. The van der Waals surface area contributed by atoms with E-state index in [4.69, 9.17) is 15.5 Å². The molecule has 0 spiro atoms. The zero-order valence-corrected chi connectivity index (χ0v) is 24.8. The number of phenolic OH excluding ortho intramolecular Hbond substituents is 1. The zero-order chi connectivity index (χ0) is 34.7. The molecule has 216 valence electrons. The third kappa shape index (κ3) is 4.73. The number of imidazole rings is 1. The van der Waals surface area contributed by atoms with E-state index in [0.717, 1.165) is 27.4 Å². The van der Waals surface area contributed by atoms with Gasteiger partial charge in [0.25, 0.3) is 0 Å². The van der Waals surface area contributed by atoms with Crippen LogP contribution in [0, 0.1) is 0 Å². The van der Waals surface area contributed by atoms with Crippen molar-refractivity contribution in [3.8, 4) is 45.3 Å². The number of aromatic nitrogens is 3. The van der Waals surface area contributed by atoms with Gasteiger partial charge in [-0.05, 0) is 64.7 Å². The largest absolute Gasteiger partial charge is 0.507 e. The van der Waals surface area contributed by atoms with E-state index >= 15 is 0 Å². The lowest BCUT2D eigenvalue weighted by Crippen LogP contribution is -2.08. The van der Waals surface area contributed by atoms with E-state index in [2.05, 4.69) is 0 Å². The molecule has 2 aromatic heterocycles. The maximum atomic E-state index is 10.8. The molecule has 0 saturated carbocycles. The summed E-state index contributed by atoms with van der Waals surface area (Å²) in [5.74, 6) is -2.42. The quantitative estimate of drug-likeness (QED) is 0.214. The fourth-order valence-electron chi connectivity index (χ4n) is 5.98. The Labute approximate surface area is 265 Å². The molecule has 4 heteroatoms. The fraction of sp³-hybridized carbons (Fsp3) is 0.150. The van der Waals surface area contributed by atoms with Crippen molar-refractivity contribution < 1.29 is 12.0 Å². The number of benzene rings is 5. The van der Waals surface area contributed by atoms with Crippen LogP contribution in [0.2, 0.25) is 0 Å². The molecule has 0 radical (unpaired) electrons. The van der Waals surface area contributed by atoms with Crippen LogP contribution in [0.1, 0.15) is 57.4 Å². The predicted molar refractivity (Wildman–Crippen MR) is 183 cm³/mol. The maximum absolute atomic E-state index is 10.8. The van der Waals surface area contributed by atoms with Crippen LogP contribution in [0.15, 0.2) is 121 Å². The summed E-state index contributed by atoms with van der Waals surface area (Å²) < 4.78 is 45.2. The molecular formula is C40H35N3O. The van der Waals surface area contributed by atoms with Crippen LogP contribution in [0.3, 0.4) is 0 Å². The van der Waals surface area contributed by atoms with Gasteiger partial charge < -0.3 is 5.11 Å². The molecule has 2 heterocycles.